The van der Waals surface area contributed by atoms with Crippen LogP contribution in [0.5, 0.6) is 0 Å². The molecule has 0 aromatic rings. The summed E-state index contributed by atoms with van der Waals surface area (Å²) in [5.41, 5.74) is -2.24. The van der Waals surface area contributed by atoms with E-state index in [1.165, 1.54) is 83.5 Å². The van der Waals surface area contributed by atoms with E-state index < -0.39 is 5.41 Å². The third-order valence-electron chi connectivity index (χ3n) is 25.0. The van der Waals surface area contributed by atoms with Crippen molar-refractivity contribution in [3.05, 3.63) is 0 Å². The maximum absolute atomic E-state index is 12.5. The summed E-state index contributed by atoms with van der Waals surface area (Å²) in [4.78, 5) is 72.2. The average Bonchev–Trinajstić information content (AvgIpc) is 1.19. The molecule has 10 unspecified atom stereocenters. The van der Waals surface area contributed by atoms with Gasteiger partial charge in [-0.25, -0.2) is 0 Å². The first-order chi connectivity index (χ1) is 39.2. The zero-order chi connectivity index (χ0) is 62.2. The standard InChI is InChI=1S/C17H28O2.C16H26O2.C14H20O4.C13H24O2.C12H22O2.10CH4/c1-5-16(2,3)15(18)19-17(4)13-7-11-6-12(9-13)10-14(17)8-11;1-4-16(2,3)15(17)18-14-9-10-8-13(14)12-7-5-6-11(10)12;1-4-14(2,3)13(16)18-10-7-5-8-9(6-7)12(15)17-11(8)10;1-5-12(3,4)11(14)15-13(6-2)9-7-8-10-13;1-5-11(2,3)10(13)14-12(4)8-6-7-9-12;;;;;;;;;;/h11-14H,5-10H2,1-4H3;10-14H,4-9H2,1-3H3;7-11H,4-6H2,1-3H3;5-10H2,1-4H3;5-9H2,1-4H3;10*1H4. The van der Waals surface area contributed by atoms with Crippen molar-refractivity contribution < 1.29 is 57.2 Å². The maximum atomic E-state index is 12.5. The molecule has 0 amide bonds. The van der Waals surface area contributed by atoms with Crippen molar-refractivity contribution in [1.29, 1.82) is 0 Å². The fourth-order valence-corrected chi connectivity index (χ4v) is 16.6. The van der Waals surface area contributed by atoms with Crippen LogP contribution in [-0.2, 0) is 57.2 Å². The molecule has 12 heteroatoms. The molecule has 0 spiro atoms. The van der Waals surface area contributed by atoms with Gasteiger partial charge in [-0.05, 0) is 291 Å². The normalized spacial score (nSPS) is 31.2. The Morgan fingerprint density at radius 2 is 0.819 bits per heavy atom. The van der Waals surface area contributed by atoms with Crippen molar-refractivity contribution in [3.63, 3.8) is 0 Å². The number of rotatable bonds is 16. The van der Waals surface area contributed by atoms with Crippen LogP contribution in [0.25, 0.3) is 0 Å². The fraction of sp³-hybridized carbons (Fsp3) is 0.927. The number of carbonyl (C=O) groups is 6. The first-order valence-electron chi connectivity index (χ1n) is 34.5. The molecule has 11 aliphatic carbocycles. The van der Waals surface area contributed by atoms with Crippen molar-refractivity contribution in [2.45, 2.75) is 401 Å². The zero-order valence-corrected chi connectivity index (χ0v) is 56.4. The summed E-state index contributed by atoms with van der Waals surface area (Å²) in [5, 5.41) is 0. The summed E-state index contributed by atoms with van der Waals surface area (Å²) in [7, 11) is 0. The van der Waals surface area contributed by atoms with Crippen LogP contribution >= 0.6 is 0 Å². The highest BCUT2D eigenvalue weighted by atomic mass is 16.6. The molecule has 1 saturated heterocycles. The first kappa shape index (κ1) is 97.2. The van der Waals surface area contributed by atoms with Crippen molar-refractivity contribution in [2.24, 2.45) is 92.2 Å². The molecule has 94 heavy (non-hydrogen) atoms. The Labute approximate surface area is 583 Å². The van der Waals surface area contributed by atoms with Gasteiger partial charge in [-0.15, -0.1) is 0 Å². The largest absolute Gasteiger partial charge is 0.462 e. The summed E-state index contributed by atoms with van der Waals surface area (Å²) in [6.07, 6.45) is 29.1. The van der Waals surface area contributed by atoms with E-state index in [0.717, 1.165) is 113 Å². The number of hydrogen-bond acceptors (Lipinski definition) is 12. The highest BCUT2D eigenvalue weighted by Crippen LogP contribution is 2.61. The highest BCUT2D eigenvalue weighted by molar-refractivity contribution is 5.79. The van der Waals surface area contributed by atoms with Gasteiger partial charge in [-0.3, -0.25) is 28.8 Å². The second kappa shape index (κ2) is 37.9. The van der Waals surface area contributed by atoms with Crippen LogP contribution in [0.15, 0.2) is 0 Å². The van der Waals surface area contributed by atoms with Gasteiger partial charge < -0.3 is 28.4 Å². The van der Waals surface area contributed by atoms with Gasteiger partial charge in [0.05, 0.1) is 33.0 Å². The van der Waals surface area contributed by atoms with Crippen LogP contribution in [-0.4, -0.2) is 70.9 Å². The van der Waals surface area contributed by atoms with Crippen LogP contribution in [0.3, 0.4) is 0 Å². The fourth-order valence-electron chi connectivity index (χ4n) is 16.6. The smallest absolute Gasteiger partial charge is 0.312 e. The van der Waals surface area contributed by atoms with Gasteiger partial charge in [-0.1, -0.05) is 122 Å². The summed E-state index contributed by atoms with van der Waals surface area (Å²) in [6.45, 7) is 36.2. The van der Waals surface area contributed by atoms with Gasteiger partial charge in [0.25, 0.3) is 0 Å². The Hall–Kier alpha value is -3.18. The second-order valence-corrected chi connectivity index (χ2v) is 32.6. The van der Waals surface area contributed by atoms with Gasteiger partial charge in [0.2, 0.25) is 0 Å². The number of esters is 6. The summed E-state index contributed by atoms with van der Waals surface area (Å²) in [5.74, 6) is 6.96. The quantitative estimate of drug-likeness (QED) is 0.107. The molecule has 1 aliphatic heterocycles. The SMILES string of the molecule is C.C.C.C.C.C.C.C.C.C.CCC(C)(C)C(=O)OC1(C)C2CC3CC(C2)CC1C3.CCC(C)(C)C(=O)OC1(C)CCCC1.CCC(C)(C)C(=O)OC1C2CC3C(=O)OC1C3C2.CCC(C)(C)C(=O)OC1CC2CC1C1CCCC21.CCC1(OC(=O)C(C)(C)CC)CCCC1. The molecule has 12 rings (SSSR count). The Kier molecular flexibility index (Phi) is 39.1. The predicted octanol–water partition coefficient (Wildman–Crippen LogP) is 23.2. The molecule has 0 aromatic carbocycles. The molecule has 8 bridgehead atoms. The van der Waals surface area contributed by atoms with E-state index in [0.29, 0.717) is 29.6 Å². The molecule has 12 aliphatic rings. The molecular weight excluding hydrogens is 1180 g/mol. The van der Waals surface area contributed by atoms with E-state index in [-0.39, 0.29) is 173 Å². The lowest BCUT2D eigenvalue weighted by Gasteiger charge is -2.59. The topological polar surface area (TPSA) is 158 Å². The van der Waals surface area contributed by atoms with Crippen molar-refractivity contribution >= 4 is 35.8 Å². The van der Waals surface area contributed by atoms with E-state index in [4.69, 9.17) is 28.4 Å². The number of fused-ring (bicyclic) bond motifs is 6. The summed E-state index contributed by atoms with van der Waals surface area (Å²) >= 11 is 0. The van der Waals surface area contributed by atoms with Crippen LogP contribution in [0.4, 0.5) is 0 Å². The Bertz CT molecular complexity index is 2270. The number of hydrogen-bond donors (Lipinski definition) is 0. The summed E-state index contributed by atoms with van der Waals surface area (Å²) < 4.78 is 34.4. The lowest BCUT2D eigenvalue weighted by Crippen LogP contribution is -2.58. The molecule has 10 atom stereocenters. The van der Waals surface area contributed by atoms with Crippen LogP contribution in [0.2, 0.25) is 0 Å². The monoisotopic (exact) mass is 1340 g/mol. The third-order valence-corrected chi connectivity index (χ3v) is 25.0. The van der Waals surface area contributed by atoms with E-state index >= 15 is 0 Å². The van der Waals surface area contributed by atoms with Crippen LogP contribution in [0, 0.1) is 92.2 Å². The van der Waals surface area contributed by atoms with Crippen molar-refractivity contribution in [1.82, 2.24) is 0 Å². The van der Waals surface area contributed by atoms with E-state index in [2.05, 4.69) is 34.6 Å². The highest BCUT2D eigenvalue weighted by Gasteiger charge is 2.64. The molecule has 560 valence electrons. The lowest BCUT2D eigenvalue weighted by molar-refractivity contribution is -0.211. The van der Waals surface area contributed by atoms with Gasteiger partial charge in [-0.2, -0.15) is 0 Å². The summed E-state index contributed by atoms with van der Waals surface area (Å²) in [6, 6.07) is 0. The van der Waals surface area contributed by atoms with Crippen LogP contribution < -0.4 is 0 Å². The molecule has 12 nitrogen and oxygen atoms in total. The van der Waals surface area contributed by atoms with Gasteiger partial charge in [0.15, 0.2) is 0 Å². The maximum Gasteiger partial charge on any atom is 0.312 e. The minimum absolute atomic E-state index is 0. The molecule has 12 fully saturated rings. The molecule has 0 aromatic heterocycles. The molecular formula is C82H160O12. The Balaban J connectivity index is -0.000000527. The van der Waals surface area contributed by atoms with E-state index in [1.807, 2.05) is 90.0 Å². The Morgan fingerprint density at radius 3 is 1.27 bits per heavy atom. The predicted molar refractivity (Wildman–Crippen MR) is 396 cm³/mol. The molecule has 0 N–H and O–H groups in total. The minimum Gasteiger partial charge on any atom is -0.462 e. The first-order valence-corrected chi connectivity index (χ1v) is 34.5. The number of carbonyl (C=O) groups excluding carboxylic acids is 6. The average molecular weight is 1340 g/mol. The van der Waals surface area contributed by atoms with E-state index in [1.54, 1.807) is 0 Å². The second-order valence-electron chi connectivity index (χ2n) is 32.6. The lowest BCUT2D eigenvalue weighted by atomic mass is 9.50. The molecule has 11 saturated carbocycles. The van der Waals surface area contributed by atoms with Crippen LogP contribution in [0.1, 0.15) is 366 Å². The third kappa shape index (κ3) is 21.2. The van der Waals surface area contributed by atoms with Gasteiger partial charge >= 0.3 is 35.8 Å². The zero-order valence-electron chi connectivity index (χ0n) is 56.4. The Morgan fingerprint density at radius 1 is 0.426 bits per heavy atom. The van der Waals surface area contributed by atoms with Crippen molar-refractivity contribution in [3.8, 4) is 0 Å². The number of ether oxygens (including phenoxy) is 6. The molecule has 1 heterocycles. The minimum atomic E-state index is -0.455. The molecule has 0 radical (unpaired) electrons. The van der Waals surface area contributed by atoms with E-state index in [9.17, 15) is 28.8 Å². The van der Waals surface area contributed by atoms with Gasteiger partial charge in [0.1, 0.15) is 35.1 Å². The van der Waals surface area contributed by atoms with Crippen molar-refractivity contribution in [2.75, 3.05) is 0 Å². The van der Waals surface area contributed by atoms with Gasteiger partial charge in [0, 0.05) is 11.8 Å².